The van der Waals surface area contributed by atoms with Crippen molar-refractivity contribution in [2.45, 2.75) is 19.6 Å². The third kappa shape index (κ3) is 3.50. The number of hydrogen-bond acceptors (Lipinski definition) is 4. The molecule has 0 unspecified atom stereocenters. The zero-order valence-corrected chi connectivity index (χ0v) is 12.3. The second-order valence-corrected chi connectivity index (χ2v) is 5.95. The lowest BCUT2D eigenvalue weighted by atomic mass is 10.2. The first kappa shape index (κ1) is 13.4. The van der Waals surface area contributed by atoms with Crippen LogP contribution in [0.15, 0.2) is 30.5 Å². The fraction of sp³-hybridized carbons (Fsp3) is 0.357. The van der Waals surface area contributed by atoms with Crippen LogP contribution >= 0.6 is 24.0 Å². The van der Waals surface area contributed by atoms with E-state index in [-0.39, 0.29) is 0 Å². The molecule has 0 N–H and O–H groups in total. The van der Waals surface area contributed by atoms with Crippen molar-refractivity contribution in [3.05, 3.63) is 35.3 Å². The second-order valence-electron chi connectivity index (χ2n) is 4.52. The van der Waals surface area contributed by atoms with Gasteiger partial charge in [-0.1, -0.05) is 13.8 Å². The van der Waals surface area contributed by atoms with Crippen LogP contribution in [0.25, 0.3) is 10.6 Å². The summed E-state index contributed by atoms with van der Waals surface area (Å²) in [5.74, 6) is 2.20. The Labute approximate surface area is 117 Å². The summed E-state index contributed by atoms with van der Waals surface area (Å²) < 4.78 is 5.66. The largest absolute Gasteiger partial charge is 0.493 e. The van der Waals surface area contributed by atoms with Crippen molar-refractivity contribution >= 4 is 24.0 Å². The summed E-state index contributed by atoms with van der Waals surface area (Å²) >= 11 is 5.93. The summed E-state index contributed by atoms with van der Waals surface area (Å²) in [6, 6.07) is 8.10. The molecule has 0 spiro atoms. The number of benzene rings is 1. The predicted molar refractivity (Wildman–Crippen MR) is 80.6 cm³/mol. The second kappa shape index (κ2) is 6.25. The summed E-state index contributed by atoms with van der Waals surface area (Å²) in [4.78, 5) is 5.58. The minimum absolute atomic E-state index is 0.543. The van der Waals surface area contributed by atoms with Gasteiger partial charge in [-0.15, -0.1) is 11.3 Å². The molecule has 0 bridgehead atoms. The Morgan fingerprint density at radius 2 is 2.00 bits per heavy atom. The lowest BCUT2D eigenvalue weighted by molar-refractivity contribution is 0.271. The quantitative estimate of drug-likeness (QED) is 0.825. The minimum Gasteiger partial charge on any atom is -0.493 e. The van der Waals surface area contributed by atoms with Crippen molar-refractivity contribution in [3.63, 3.8) is 0 Å². The molecule has 2 nitrogen and oxygen atoms in total. The molecule has 0 amide bonds. The third-order valence-corrected chi connectivity index (χ3v) is 4.00. The van der Waals surface area contributed by atoms with Gasteiger partial charge in [0.15, 0.2) is 0 Å². The van der Waals surface area contributed by atoms with E-state index >= 15 is 0 Å². The summed E-state index contributed by atoms with van der Waals surface area (Å²) in [6.07, 6.45) is 1.89. The molecule has 96 valence electrons. The van der Waals surface area contributed by atoms with Crippen LogP contribution in [0.5, 0.6) is 5.75 Å². The van der Waals surface area contributed by atoms with Crippen molar-refractivity contribution in [1.29, 1.82) is 0 Å². The van der Waals surface area contributed by atoms with Crippen molar-refractivity contribution in [3.8, 4) is 16.3 Å². The molecular weight excluding hydrogens is 262 g/mol. The molecule has 18 heavy (non-hydrogen) atoms. The highest BCUT2D eigenvalue weighted by Crippen LogP contribution is 2.27. The normalized spacial score (nSPS) is 10.9. The standard InChI is InChI=1S/C14H17NOS2/c1-10(2)8-16-12-5-3-11(4-6-12)14-15-7-13(9-17)18-14/h3-7,10,17H,8-9H2,1-2H3. The van der Waals surface area contributed by atoms with Crippen LogP contribution in [0, 0.1) is 5.92 Å². The lowest BCUT2D eigenvalue weighted by Gasteiger charge is -2.08. The van der Waals surface area contributed by atoms with E-state index in [0.29, 0.717) is 5.92 Å². The average Bonchev–Trinajstić information content (AvgIpc) is 2.85. The van der Waals surface area contributed by atoms with Crippen LogP contribution in [-0.2, 0) is 5.75 Å². The Morgan fingerprint density at radius 1 is 1.28 bits per heavy atom. The maximum Gasteiger partial charge on any atom is 0.123 e. The Bertz CT molecular complexity index is 491. The van der Waals surface area contributed by atoms with Crippen LogP contribution < -0.4 is 4.74 Å². The van der Waals surface area contributed by atoms with Gasteiger partial charge in [-0.2, -0.15) is 12.6 Å². The molecule has 2 aromatic rings. The van der Waals surface area contributed by atoms with Crippen LogP contribution in [0.4, 0.5) is 0 Å². The minimum atomic E-state index is 0.543. The van der Waals surface area contributed by atoms with Crippen LogP contribution in [0.1, 0.15) is 18.7 Å². The SMILES string of the molecule is CC(C)COc1ccc(-c2ncc(CS)s2)cc1. The van der Waals surface area contributed by atoms with Gasteiger partial charge in [-0.3, -0.25) is 0 Å². The number of thiazole rings is 1. The van der Waals surface area contributed by atoms with Crippen molar-refractivity contribution in [1.82, 2.24) is 4.98 Å². The Kier molecular flexibility index (Phi) is 4.66. The van der Waals surface area contributed by atoms with Gasteiger partial charge < -0.3 is 4.74 Å². The van der Waals surface area contributed by atoms with E-state index in [0.717, 1.165) is 28.7 Å². The molecule has 1 aromatic heterocycles. The van der Waals surface area contributed by atoms with E-state index in [1.54, 1.807) is 11.3 Å². The van der Waals surface area contributed by atoms with Gasteiger partial charge in [0.05, 0.1) is 6.61 Å². The monoisotopic (exact) mass is 279 g/mol. The highest BCUT2D eigenvalue weighted by molar-refractivity contribution is 7.79. The lowest BCUT2D eigenvalue weighted by Crippen LogP contribution is -2.04. The van der Waals surface area contributed by atoms with E-state index in [9.17, 15) is 0 Å². The first-order valence-corrected chi connectivity index (χ1v) is 7.42. The van der Waals surface area contributed by atoms with Crippen molar-refractivity contribution in [2.24, 2.45) is 5.92 Å². The summed E-state index contributed by atoms with van der Waals surface area (Å²) in [6.45, 7) is 5.03. The summed E-state index contributed by atoms with van der Waals surface area (Å²) in [7, 11) is 0. The van der Waals surface area contributed by atoms with Crippen LogP contribution in [-0.4, -0.2) is 11.6 Å². The highest BCUT2D eigenvalue weighted by atomic mass is 32.1. The molecular formula is C14H17NOS2. The van der Waals surface area contributed by atoms with E-state index in [2.05, 4.69) is 43.6 Å². The first-order chi connectivity index (χ1) is 8.69. The van der Waals surface area contributed by atoms with Gasteiger partial charge in [-0.25, -0.2) is 4.98 Å². The summed E-state index contributed by atoms with van der Waals surface area (Å²) in [5.41, 5.74) is 1.13. The molecule has 0 saturated heterocycles. The highest BCUT2D eigenvalue weighted by Gasteiger charge is 2.04. The van der Waals surface area contributed by atoms with Crippen molar-refractivity contribution in [2.75, 3.05) is 6.61 Å². The topological polar surface area (TPSA) is 22.1 Å². The molecule has 0 aliphatic heterocycles. The molecule has 1 aromatic carbocycles. The van der Waals surface area contributed by atoms with Gasteiger partial charge in [0.25, 0.3) is 0 Å². The number of rotatable bonds is 5. The molecule has 4 heteroatoms. The van der Waals surface area contributed by atoms with E-state index in [1.807, 2.05) is 18.3 Å². The molecule has 0 atom stereocenters. The van der Waals surface area contributed by atoms with Gasteiger partial charge in [0.1, 0.15) is 10.8 Å². The number of thiol groups is 1. The third-order valence-electron chi connectivity index (χ3n) is 2.39. The van der Waals surface area contributed by atoms with Gasteiger partial charge in [0.2, 0.25) is 0 Å². The zero-order valence-electron chi connectivity index (χ0n) is 10.6. The molecule has 1 heterocycles. The number of nitrogens with zero attached hydrogens (tertiary/aromatic N) is 1. The average molecular weight is 279 g/mol. The van der Waals surface area contributed by atoms with Crippen LogP contribution in [0.2, 0.25) is 0 Å². The van der Waals surface area contributed by atoms with E-state index < -0.39 is 0 Å². The first-order valence-electron chi connectivity index (χ1n) is 5.98. The molecule has 0 aliphatic rings. The number of aromatic nitrogens is 1. The Morgan fingerprint density at radius 3 is 2.56 bits per heavy atom. The Hall–Kier alpha value is -1.00. The van der Waals surface area contributed by atoms with Gasteiger partial charge >= 0.3 is 0 Å². The predicted octanol–water partition coefficient (Wildman–Crippen LogP) is 4.27. The van der Waals surface area contributed by atoms with Gasteiger partial charge in [0, 0.05) is 22.4 Å². The summed E-state index contributed by atoms with van der Waals surface area (Å²) in [5, 5.41) is 1.04. The molecule has 2 rings (SSSR count). The molecule has 0 fully saturated rings. The maximum atomic E-state index is 5.66. The van der Waals surface area contributed by atoms with E-state index in [4.69, 9.17) is 4.74 Å². The molecule has 0 saturated carbocycles. The maximum absolute atomic E-state index is 5.66. The Balaban J connectivity index is 2.07. The zero-order chi connectivity index (χ0) is 13.0. The number of hydrogen-bond donors (Lipinski definition) is 1. The van der Waals surface area contributed by atoms with Gasteiger partial charge in [-0.05, 0) is 30.2 Å². The van der Waals surface area contributed by atoms with Crippen LogP contribution in [0.3, 0.4) is 0 Å². The fourth-order valence-electron chi connectivity index (χ4n) is 1.47. The van der Waals surface area contributed by atoms with E-state index in [1.165, 1.54) is 4.88 Å². The molecule has 0 radical (unpaired) electrons. The van der Waals surface area contributed by atoms with Crippen molar-refractivity contribution < 1.29 is 4.74 Å². The smallest absolute Gasteiger partial charge is 0.123 e. The molecule has 0 aliphatic carbocycles. The fourth-order valence-corrected chi connectivity index (χ4v) is 2.52. The number of ether oxygens (including phenoxy) is 1.